The molecule has 5 heteroatoms. The van der Waals surface area contributed by atoms with E-state index in [1.54, 1.807) is 0 Å². The van der Waals surface area contributed by atoms with Gasteiger partial charge in [0.25, 0.3) is 5.91 Å². The van der Waals surface area contributed by atoms with Crippen molar-refractivity contribution in [2.75, 3.05) is 19.0 Å². The van der Waals surface area contributed by atoms with E-state index in [4.69, 9.17) is 21.1 Å². The highest BCUT2D eigenvalue weighted by Crippen LogP contribution is 2.33. The van der Waals surface area contributed by atoms with Gasteiger partial charge in [-0.2, -0.15) is 0 Å². The summed E-state index contributed by atoms with van der Waals surface area (Å²) < 4.78 is 11.3. The molecule has 4 nitrogen and oxygen atoms in total. The molecule has 1 saturated carbocycles. The SMILES string of the molecule is O=C(NCC1CCCC1CCl)C1COc2ccccc2O1. The molecule has 1 aromatic rings. The Morgan fingerprint density at radius 3 is 2.81 bits per heavy atom. The van der Waals surface area contributed by atoms with Gasteiger partial charge in [-0.15, -0.1) is 11.6 Å². The number of carbonyl (C=O) groups excluding carboxylic acids is 1. The average Bonchev–Trinajstić information content (AvgIpc) is 2.99. The molecule has 1 aromatic carbocycles. The molecule has 3 unspecified atom stereocenters. The van der Waals surface area contributed by atoms with Gasteiger partial charge in [0.15, 0.2) is 11.5 Å². The summed E-state index contributed by atoms with van der Waals surface area (Å²) in [6.07, 6.45) is 2.94. The summed E-state index contributed by atoms with van der Waals surface area (Å²) in [6.45, 7) is 0.935. The highest BCUT2D eigenvalue weighted by molar-refractivity contribution is 6.18. The third kappa shape index (κ3) is 3.26. The summed E-state index contributed by atoms with van der Waals surface area (Å²) in [5, 5.41) is 2.99. The van der Waals surface area contributed by atoms with Crippen molar-refractivity contribution in [2.45, 2.75) is 25.4 Å². The molecular formula is C16H20ClNO3. The Morgan fingerprint density at radius 2 is 2.00 bits per heavy atom. The van der Waals surface area contributed by atoms with Gasteiger partial charge >= 0.3 is 0 Å². The van der Waals surface area contributed by atoms with Crippen LogP contribution in [0.15, 0.2) is 24.3 Å². The highest BCUT2D eigenvalue weighted by atomic mass is 35.5. The van der Waals surface area contributed by atoms with E-state index in [1.165, 1.54) is 12.8 Å². The summed E-state index contributed by atoms with van der Waals surface area (Å²) in [7, 11) is 0. The molecule has 3 rings (SSSR count). The van der Waals surface area contributed by atoms with E-state index in [1.807, 2.05) is 24.3 Å². The van der Waals surface area contributed by atoms with Gasteiger partial charge in [0.2, 0.25) is 6.10 Å². The lowest BCUT2D eigenvalue weighted by atomic mass is 9.98. The monoisotopic (exact) mass is 309 g/mol. The number of rotatable bonds is 4. The van der Waals surface area contributed by atoms with Crippen LogP contribution in [0.25, 0.3) is 0 Å². The maximum Gasteiger partial charge on any atom is 0.264 e. The molecule has 0 spiro atoms. The lowest BCUT2D eigenvalue weighted by molar-refractivity contribution is -0.130. The number of halogens is 1. The highest BCUT2D eigenvalue weighted by Gasteiger charge is 2.30. The zero-order valence-electron chi connectivity index (χ0n) is 11.9. The minimum absolute atomic E-state index is 0.107. The van der Waals surface area contributed by atoms with Crippen molar-refractivity contribution in [2.24, 2.45) is 11.8 Å². The standard InChI is InChI=1S/C16H20ClNO3/c17-8-11-4-3-5-12(11)9-18-16(19)15-10-20-13-6-1-2-7-14(13)21-15/h1-2,6-7,11-12,15H,3-5,8-10H2,(H,18,19). The lowest BCUT2D eigenvalue weighted by Crippen LogP contribution is -2.45. The van der Waals surface area contributed by atoms with Crippen LogP contribution in [0.3, 0.4) is 0 Å². The number of amides is 1. The number of carbonyl (C=O) groups is 1. The first-order chi connectivity index (χ1) is 10.3. The number of hydrogen-bond acceptors (Lipinski definition) is 3. The van der Waals surface area contributed by atoms with Crippen LogP contribution in [0.5, 0.6) is 11.5 Å². The van der Waals surface area contributed by atoms with Crippen molar-refractivity contribution in [3.05, 3.63) is 24.3 Å². The van der Waals surface area contributed by atoms with Crippen molar-refractivity contribution in [1.29, 1.82) is 0 Å². The fraction of sp³-hybridized carbons (Fsp3) is 0.562. The smallest absolute Gasteiger partial charge is 0.264 e. The van der Waals surface area contributed by atoms with E-state index >= 15 is 0 Å². The summed E-state index contributed by atoms with van der Waals surface area (Å²) in [4.78, 5) is 12.2. The molecule has 2 aliphatic rings. The number of ether oxygens (including phenoxy) is 2. The van der Waals surface area contributed by atoms with Gasteiger partial charge in [-0.3, -0.25) is 4.79 Å². The number of hydrogen-bond donors (Lipinski definition) is 1. The summed E-state index contributed by atoms with van der Waals surface area (Å²) in [5.74, 6) is 2.91. The largest absolute Gasteiger partial charge is 0.485 e. The third-order valence-electron chi connectivity index (χ3n) is 4.35. The quantitative estimate of drug-likeness (QED) is 0.870. The van der Waals surface area contributed by atoms with Crippen molar-refractivity contribution in [3.8, 4) is 11.5 Å². The maximum absolute atomic E-state index is 12.2. The summed E-state index contributed by atoms with van der Waals surface area (Å²) in [5.41, 5.74) is 0. The minimum atomic E-state index is -0.573. The zero-order chi connectivity index (χ0) is 14.7. The van der Waals surface area contributed by atoms with Crippen molar-refractivity contribution >= 4 is 17.5 Å². The molecule has 1 fully saturated rings. The topological polar surface area (TPSA) is 47.6 Å². The van der Waals surface area contributed by atoms with Crippen LogP contribution in [0.1, 0.15) is 19.3 Å². The Balaban J connectivity index is 1.52. The van der Waals surface area contributed by atoms with Crippen LogP contribution in [0.2, 0.25) is 0 Å². The molecule has 1 amide bonds. The van der Waals surface area contributed by atoms with Crippen LogP contribution in [-0.4, -0.2) is 31.0 Å². The van der Waals surface area contributed by atoms with E-state index in [-0.39, 0.29) is 12.5 Å². The Morgan fingerprint density at radius 1 is 1.24 bits per heavy atom. The van der Waals surface area contributed by atoms with Crippen molar-refractivity contribution in [1.82, 2.24) is 5.32 Å². The van der Waals surface area contributed by atoms with E-state index in [2.05, 4.69) is 5.32 Å². The molecular weight excluding hydrogens is 290 g/mol. The van der Waals surface area contributed by atoms with E-state index in [0.29, 0.717) is 35.8 Å². The molecule has 1 aliphatic heterocycles. The fourth-order valence-electron chi connectivity index (χ4n) is 3.08. The van der Waals surface area contributed by atoms with E-state index in [9.17, 15) is 4.79 Å². The second-order valence-corrected chi connectivity index (χ2v) is 6.02. The number of alkyl halides is 1. The molecule has 0 saturated heterocycles. The van der Waals surface area contributed by atoms with Crippen LogP contribution in [-0.2, 0) is 4.79 Å². The predicted octanol–water partition coefficient (Wildman–Crippen LogP) is 2.60. The fourth-order valence-corrected chi connectivity index (χ4v) is 3.49. The molecule has 0 aromatic heterocycles. The Kier molecular flexibility index (Phi) is 4.54. The average molecular weight is 310 g/mol. The van der Waals surface area contributed by atoms with Gasteiger partial charge in [0.1, 0.15) is 6.61 Å². The Bertz CT molecular complexity index is 508. The van der Waals surface area contributed by atoms with Gasteiger partial charge in [-0.25, -0.2) is 0 Å². The van der Waals surface area contributed by atoms with Gasteiger partial charge in [0.05, 0.1) is 0 Å². The van der Waals surface area contributed by atoms with E-state index < -0.39 is 6.10 Å². The normalized spacial score (nSPS) is 27.4. The molecule has 21 heavy (non-hydrogen) atoms. The van der Waals surface area contributed by atoms with Crippen LogP contribution >= 0.6 is 11.6 Å². The van der Waals surface area contributed by atoms with Gasteiger partial charge < -0.3 is 14.8 Å². The minimum Gasteiger partial charge on any atom is -0.485 e. The van der Waals surface area contributed by atoms with Gasteiger partial charge in [-0.1, -0.05) is 18.6 Å². The van der Waals surface area contributed by atoms with Crippen LogP contribution in [0, 0.1) is 11.8 Å². The van der Waals surface area contributed by atoms with Crippen LogP contribution < -0.4 is 14.8 Å². The number of para-hydroxylation sites is 2. The first-order valence-corrected chi connectivity index (χ1v) is 8.03. The lowest BCUT2D eigenvalue weighted by Gasteiger charge is -2.26. The Hall–Kier alpha value is -1.42. The van der Waals surface area contributed by atoms with Crippen molar-refractivity contribution in [3.63, 3.8) is 0 Å². The third-order valence-corrected chi connectivity index (χ3v) is 4.75. The van der Waals surface area contributed by atoms with Gasteiger partial charge in [0, 0.05) is 12.4 Å². The first kappa shape index (κ1) is 14.5. The molecule has 3 atom stereocenters. The number of nitrogens with one attached hydrogen (secondary N) is 1. The summed E-state index contributed by atoms with van der Waals surface area (Å²) >= 11 is 5.97. The Labute approximate surface area is 129 Å². The zero-order valence-corrected chi connectivity index (χ0v) is 12.6. The van der Waals surface area contributed by atoms with Crippen molar-refractivity contribution < 1.29 is 14.3 Å². The second kappa shape index (κ2) is 6.56. The second-order valence-electron chi connectivity index (χ2n) is 5.71. The van der Waals surface area contributed by atoms with Gasteiger partial charge in [-0.05, 0) is 36.8 Å². The molecule has 114 valence electrons. The maximum atomic E-state index is 12.2. The molecule has 1 aliphatic carbocycles. The number of benzene rings is 1. The molecule has 1 heterocycles. The van der Waals surface area contributed by atoms with Crippen LogP contribution in [0.4, 0.5) is 0 Å². The van der Waals surface area contributed by atoms with E-state index in [0.717, 1.165) is 6.42 Å². The molecule has 1 N–H and O–H groups in total. The first-order valence-electron chi connectivity index (χ1n) is 7.50. The number of fused-ring (bicyclic) bond motifs is 1. The molecule has 0 bridgehead atoms. The predicted molar refractivity (Wildman–Crippen MR) is 80.9 cm³/mol. The molecule has 0 radical (unpaired) electrons. The summed E-state index contributed by atoms with van der Waals surface area (Å²) in [6, 6.07) is 7.41.